The van der Waals surface area contributed by atoms with E-state index in [2.05, 4.69) is 4.99 Å². The van der Waals surface area contributed by atoms with Crippen LogP contribution in [0.1, 0.15) is 24.1 Å². The number of amidine groups is 1. The summed E-state index contributed by atoms with van der Waals surface area (Å²) in [6, 6.07) is 25.2. The Morgan fingerprint density at radius 1 is 1.03 bits per heavy atom. The van der Waals surface area contributed by atoms with Gasteiger partial charge in [-0.1, -0.05) is 72.3 Å². The monoisotopic (exact) mass is 420 g/mol. The molecule has 1 heterocycles. The van der Waals surface area contributed by atoms with Crippen LogP contribution in [0.3, 0.4) is 0 Å². The number of benzene rings is 3. The number of rotatable bonds is 5. The highest BCUT2D eigenvalue weighted by molar-refractivity contribution is 6.30. The number of ether oxygens (including phenoxy) is 1. The molecule has 0 amide bonds. The molecule has 1 aliphatic heterocycles. The number of para-hydroxylation sites is 1. The number of aliphatic hydroxyl groups is 1. The van der Waals surface area contributed by atoms with E-state index in [1.165, 1.54) is 0 Å². The molecule has 2 atom stereocenters. The number of aliphatic imine (C=N–C) groups is 1. The largest absolute Gasteiger partial charge is 0.462 e. The third-order valence-electron chi connectivity index (χ3n) is 4.97. The fraction of sp³-hybridized carbons (Fsp3) is 0.167. The SMILES string of the molecule is CCOC(=O)C1(O)N=C(c2ccccc2)N(c2ccccc2)C1c1ccc(Cl)cc1. The second kappa shape index (κ2) is 8.30. The van der Waals surface area contributed by atoms with Crippen molar-refractivity contribution in [3.05, 3.63) is 101 Å². The number of carbonyl (C=O) groups excluding carboxylic acids is 1. The molecule has 30 heavy (non-hydrogen) atoms. The maximum Gasteiger partial charge on any atom is 0.364 e. The van der Waals surface area contributed by atoms with Crippen LogP contribution in [0.4, 0.5) is 5.69 Å². The van der Waals surface area contributed by atoms with Crippen LogP contribution in [0, 0.1) is 0 Å². The average Bonchev–Trinajstić information content (AvgIpc) is 3.10. The fourth-order valence-corrected chi connectivity index (χ4v) is 3.78. The van der Waals surface area contributed by atoms with Crippen molar-refractivity contribution in [3.8, 4) is 0 Å². The van der Waals surface area contributed by atoms with Gasteiger partial charge in [0.25, 0.3) is 5.72 Å². The van der Waals surface area contributed by atoms with Crippen molar-refractivity contribution in [1.82, 2.24) is 0 Å². The molecule has 1 N–H and O–H groups in total. The van der Waals surface area contributed by atoms with Gasteiger partial charge in [0.1, 0.15) is 11.9 Å². The number of hydrogen-bond acceptors (Lipinski definition) is 5. The molecule has 4 rings (SSSR count). The van der Waals surface area contributed by atoms with Gasteiger partial charge in [-0.25, -0.2) is 9.79 Å². The van der Waals surface area contributed by atoms with Crippen molar-refractivity contribution in [3.63, 3.8) is 0 Å². The van der Waals surface area contributed by atoms with E-state index in [4.69, 9.17) is 16.3 Å². The van der Waals surface area contributed by atoms with Gasteiger partial charge in [0.2, 0.25) is 0 Å². The Hall–Kier alpha value is -3.15. The Morgan fingerprint density at radius 2 is 1.63 bits per heavy atom. The van der Waals surface area contributed by atoms with Crippen LogP contribution in [0.2, 0.25) is 5.02 Å². The summed E-state index contributed by atoms with van der Waals surface area (Å²) in [6.45, 7) is 1.83. The van der Waals surface area contributed by atoms with Gasteiger partial charge in [-0.15, -0.1) is 0 Å². The quantitative estimate of drug-likeness (QED) is 0.613. The first-order valence-electron chi connectivity index (χ1n) is 9.69. The van der Waals surface area contributed by atoms with E-state index in [9.17, 15) is 9.90 Å². The van der Waals surface area contributed by atoms with Crippen LogP contribution < -0.4 is 4.90 Å². The molecule has 6 heteroatoms. The van der Waals surface area contributed by atoms with E-state index >= 15 is 0 Å². The molecule has 0 bridgehead atoms. The Kier molecular flexibility index (Phi) is 5.57. The van der Waals surface area contributed by atoms with Crippen LogP contribution in [0.15, 0.2) is 89.9 Å². The number of anilines is 1. The Bertz CT molecular complexity index is 1050. The minimum Gasteiger partial charge on any atom is -0.462 e. The molecule has 0 aromatic heterocycles. The fourth-order valence-electron chi connectivity index (χ4n) is 3.65. The lowest BCUT2D eigenvalue weighted by atomic mass is 9.95. The lowest BCUT2D eigenvalue weighted by Gasteiger charge is -2.33. The highest BCUT2D eigenvalue weighted by Crippen LogP contribution is 2.44. The summed E-state index contributed by atoms with van der Waals surface area (Å²) < 4.78 is 5.22. The molecule has 0 spiro atoms. The van der Waals surface area contributed by atoms with Gasteiger partial charge in [-0.3, -0.25) is 0 Å². The Morgan fingerprint density at radius 3 is 2.23 bits per heavy atom. The number of carbonyl (C=O) groups is 1. The Labute approximate surface area is 180 Å². The normalized spacial score (nSPS) is 20.7. The predicted molar refractivity (Wildman–Crippen MR) is 118 cm³/mol. The lowest BCUT2D eigenvalue weighted by Crippen LogP contribution is -2.46. The number of halogens is 1. The zero-order valence-corrected chi connectivity index (χ0v) is 17.2. The first kappa shape index (κ1) is 20.1. The standard InChI is InChI=1S/C24H21ClN2O3/c1-2-30-23(28)24(29)21(17-13-15-19(25)16-14-17)27(20-11-7-4-8-12-20)22(26-24)18-9-5-3-6-10-18/h3-16,21,29H,2H2,1H3. The highest BCUT2D eigenvalue weighted by atomic mass is 35.5. The maximum absolute atomic E-state index is 12.9. The third-order valence-corrected chi connectivity index (χ3v) is 5.22. The van der Waals surface area contributed by atoms with Gasteiger partial charge < -0.3 is 14.7 Å². The molecular formula is C24H21ClN2O3. The minimum atomic E-state index is -2.12. The zero-order chi connectivity index (χ0) is 21.1. The van der Waals surface area contributed by atoms with Crippen LogP contribution in [-0.2, 0) is 9.53 Å². The number of esters is 1. The van der Waals surface area contributed by atoms with Gasteiger partial charge >= 0.3 is 5.97 Å². The topological polar surface area (TPSA) is 62.1 Å². The van der Waals surface area contributed by atoms with E-state index in [1.54, 1.807) is 31.2 Å². The van der Waals surface area contributed by atoms with Gasteiger partial charge in [0.15, 0.2) is 0 Å². The Balaban J connectivity index is 1.94. The van der Waals surface area contributed by atoms with E-state index < -0.39 is 17.7 Å². The number of nitrogens with zero attached hydrogens (tertiary/aromatic N) is 2. The summed E-state index contributed by atoms with van der Waals surface area (Å²) in [5.74, 6) is -0.311. The second-order valence-electron chi connectivity index (χ2n) is 6.91. The van der Waals surface area contributed by atoms with Gasteiger partial charge in [0, 0.05) is 16.3 Å². The summed E-state index contributed by atoms with van der Waals surface area (Å²) in [4.78, 5) is 19.3. The minimum absolute atomic E-state index is 0.135. The summed E-state index contributed by atoms with van der Waals surface area (Å²) in [5, 5.41) is 12.2. The van der Waals surface area contributed by atoms with Crippen molar-refractivity contribution in [2.75, 3.05) is 11.5 Å². The average molecular weight is 421 g/mol. The molecule has 1 aliphatic rings. The predicted octanol–water partition coefficient (Wildman–Crippen LogP) is 4.60. The van der Waals surface area contributed by atoms with Crippen molar-refractivity contribution >= 4 is 29.1 Å². The molecule has 5 nitrogen and oxygen atoms in total. The molecule has 0 aliphatic carbocycles. The molecule has 0 radical (unpaired) electrons. The first-order valence-corrected chi connectivity index (χ1v) is 10.1. The molecule has 152 valence electrons. The lowest BCUT2D eigenvalue weighted by molar-refractivity contribution is -0.165. The van der Waals surface area contributed by atoms with Gasteiger partial charge in [-0.2, -0.15) is 0 Å². The van der Waals surface area contributed by atoms with Crippen molar-refractivity contribution in [1.29, 1.82) is 0 Å². The van der Waals surface area contributed by atoms with Crippen LogP contribution in [0.5, 0.6) is 0 Å². The van der Waals surface area contributed by atoms with Gasteiger partial charge in [-0.05, 0) is 36.8 Å². The molecule has 3 aromatic rings. The third kappa shape index (κ3) is 3.58. The summed E-state index contributed by atoms with van der Waals surface area (Å²) in [5.41, 5.74) is 0.138. The van der Waals surface area contributed by atoms with Crippen LogP contribution in [-0.4, -0.2) is 29.2 Å². The first-order chi connectivity index (χ1) is 14.5. The molecule has 0 saturated heterocycles. The molecule has 2 unspecified atom stereocenters. The van der Waals surface area contributed by atoms with Crippen molar-refractivity contribution in [2.45, 2.75) is 18.7 Å². The molecule has 0 saturated carbocycles. The summed E-state index contributed by atoms with van der Waals surface area (Å²) in [6.07, 6.45) is 0. The number of hydrogen-bond donors (Lipinski definition) is 1. The zero-order valence-electron chi connectivity index (χ0n) is 16.4. The van der Waals surface area contributed by atoms with E-state index in [-0.39, 0.29) is 6.61 Å². The van der Waals surface area contributed by atoms with E-state index in [0.29, 0.717) is 16.4 Å². The van der Waals surface area contributed by atoms with Crippen LogP contribution in [0.25, 0.3) is 0 Å². The van der Waals surface area contributed by atoms with E-state index in [1.807, 2.05) is 65.6 Å². The maximum atomic E-state index is 12.9. The van der Waals surface area contributed by atoms with Gasteiger partial charge in [0.05, 0.1) is 6.61 Å². The van der Waals surface area contributed by atoms with Crippen LogP contribution >= 0.6 is 11.6 Å². The highest BCUT2D eigenvalue weighted by Gasteiger charge is 2.55. The molecule has 3 aromatic carbocycles. The summed E-state index contributed by atoms with van der Waals surface area (Å²) >= 11 is 6.08. The van der Waals surface area contributed by atoms with Crippen molar-refractivity contribution in [2.24, 2.45) is 4.99 Å². The van der Waals surface area contributed by atoms with E-state index in [0.717, 1.165) is 11.3 Å². The molecule has 0 fully saturated rings. The summed E-state index contributed by atoms with van der Waals surface area (Å²) in [7, 11) is 0. The smallest absolute Gasteiger partial charge is 0.364 e. The second-order valence-corrected chi connectivity index (χ2v) is 7.34. The molecular weight excluding hydrogens is 400 g/mol. The van der Waals surface area contributed by atoms with Crippen molar-refractivity contribution < 1.29 is 14.6 Å².